The van der Waals surface area contributed by atoms with Gasteiger partial charge in [-0.15, -0.1) is 6.58 Å². The Labute approximate surface area is 73.4 Å². The quantitative estimate of drug-likeness (QED) is 0.508. The van der Waals surface area contributed by atoms with E-state index in [0.717, 1.165) is 0 Å². The maximum absolute atomic E-state index is 9.23. The molecule has 0 aromatic carbocycles. The van der Waals surface area contributed by atoms with Gasteiger partial charge in [0.2, 0.25) is 0 Å². The van der Waals surface area contributed by atoms with E-state index in [1.165, 1.54) is 0 Å². The SMILES string of the molecule is C=CC(CCC(C)O)C(O)CO. The van der Waals surface area contributed by atoms with Crippen LogP contribution in [-0.2, 0) is 0 Å². The monoisotopic (exact) mass is 174 g/mol. The van der Waals surface area contributed by atoms with Gasteiger partial charge < -0.3 is 15.3 Å². The summed E-state index contributed by atoms with van der Waals surface area (Å²) in [5, 5.41) is 26.8. The third kappa shape index (κ3) is 4.49. The van der Waals surface area contributed by atoms with E-state index in [1.807, 2.05) is 0 Å². The summed E-state index contributed by atoms with van der Waals surface area (Å²) in [4.78, 5) is 0. The molecular weight excluding hydrogens is 156 g/mol. The molecule has 0 aromatic rings. The molecule has 3 unspecified atom stereocenters. The van der Waals surface area contributed by atoms with E-state index in [2.05, 4.69) is 6.58 Å². The van der Waals surface area contributed by atoms with Crippen molar-refractivity contribution in [3.8, 4) is 0 Å². The maximum atomic E-state index is 9.23. The zero-order valence-corrected chi connectivity index (χ0v) is 7.48. The number of hydrogen-bond donors (Lipinski definition) is 3. The number of aliphatic hydroxyl groups is 3. The van der Waals surface area contributed by atoms with Gasteiger partial charge in [0.05, 0.1) is 18.8 Å². The van der Waals surface area contributed by atoms with E-state index in [4.69, 9.17) is 10.2 Å². The smallest absolute Gasteiger partial charge is 0.0833 e. The highest BCUT2D eigenvalue weighted by molar-refractivity contribution is 4.84. The molecular formula is C9H18O3. The van der Waals surface area contributed by atoms with Crippen LogP contribution in [0.25, 0.3) is 0 Å². The lowest BCUT2D eigenvalue weighted by Crippen LogP contribution is -2.23. The Kier molecular flexibility index (Phi) is 5.98. The Hall–Kier alpha value is -0.380. The molecule has 0 saturated carbocycles. The maximum Gasteiger partial charge on any atom is 0.0833 e. The van der Waals surface area contributed by atoms with Crippen LogP contribution in [-0.4, -0.2) is 34.1 Å². The van der Waals surface area contributed by atoms with Gasteiger partial charge in [0.1, 0.15) is 0 Å². The molecule has 0 aliphatic heterocycles. The molecule has 0 amide bonds. The van der Waals surface area contributed by atoms with Crippen LogP contribution in [0.1, 0.15) is 19.8 Å². The average Bonchev–Trinajstić information content (AvgIpc) is 2.04. The minimum absolute atomic E-state index is 0.121. The molecule has 3 atom stereocenters. The Morgan fingerprint density at radius 2 is 1.92 bits per heavy atom. The molecule has 0 aliphatic rings. The van der Waals surface area contributed by atoms with Gasteiger partial charge >= 0.3 is 0 Å². The van der Waals surface area contributed by atoms with Gasteiger partial charge in [-0.25, -0.2) is 0 Å². The van der Waals surface area contributed by atoms with E-state index in [9.17, 15) is 5.11 Å². The molecule has 0 bridgehead atoms. The van der Waals surface area contributed by atoms with Crippen molar-refractivity contribution < 1.29 is 15.3 Å². The molecule has 12 heavy (non-hydrogen) atoms. The molecule has 0 fully saturated rings. The lowest BCUT2D eigenvalue weighted by atomic mass is 9.96. The minimum atomic E-state index is -0.749. The predicted octanol–water partition coefficient (Wildman–Crippen LogP) is 0.303. The van der Waals surface area contributed by atoms with E-state index < -0.39 is 6.10 Å². The molecule has 0 rings (SSSR count). The van der Waals surface area contributed by atoms with E-state index in [0.29, 0.717) is 12.8 Å². The highest BCUT2D eigenvalue weighted by Crippen LogP contribution is 2.13. The fourth-order valence-electron chi connectivity index (χ4n) is 1.04. The first kappa shape index (κ1) is 11.6. The van der Waals surface area contributed by atoms with Gasteiger partial charge in [-0.1, -0.05) is 6.08 Å². The van der Waals surface area contributed by atoms with E-state index in [-0.39, 0.29) is 18.6 Å². The highest BCUT2D eigenvalue weighted by atomic mass is 16.3. The summed E-state index contributed by atoms with van der Waals surface area (Å²) in [6, 6.07) is 0. The highest BCUT2D eigenvalue weighted by Gasteiger charge is 2.14. The van der Waals surface area contributed by atoms with Crippen LogP contribution >= 0.6 is 0 Å². The third-order valence-electron chi connectivity index (χ3n) is 1.90. The standard InChI is InChI=1S/C9H18O3/c1-3-8(9(12)6-10)5-4-7(2)11/h3,7-12H,1,4-6H2,2H3. The van der Waals surface area contributed by atoms with Gasteiger partial charge in [-0.05, 0) is 19.8 Å². The van der Waals surface area contributed by atoms with Crippen LogP contribution in [0.15, 0.2) is 12.7 Å². The molecule has 0 saturated heterocycles. The average molecular weight is 174 g/mol. The van der Waals surface area contributed by atoms with Crippen molar-refractivity contribution in [2.75, 3.05) is 6.61 Å². The fourth-order valence-corrected chi connectivity index (χ4v) is 1.04. The largest absolute Gasteiger partial charge is 0.394 e. The second kappa shape index (κ2) is 6.17. The summed E-state index contributed by atoms with van der Waals surface area (Å²) in [5.41, 5.74) is 0. The third-order valence-corrected chi connectivity index (χ3v) is 1.90. The molecule has 3 heteroatoms. The van der Waals surface area contributed by atoms with Gasteiger partial charge in [0, 0.05) is 5.92 Å². The van der Waals surface area contributed by atoms with Crippen molar-refractivity contribution in [3.63, 3.8) is 0 Å². The second-order valence-electron chi connectivity index (χ2n) is 3.08. The lowest BCUT2D eigenvalue weighted by Gasteiger charge is -2.17. The summed E-state index contributed by atoms with van der Waals surface area (Å²) < 4.78 is 0. The van der Waals surface area contributed by atoms with Crippen LogP contribution in [0.4, 0.5) is 0 Å². The Balaban J connectivity index is 3.74. The van der Waals surface area contributed by atoms with Gasteiger partial charge in [-0.3, -0.25) is 0 Å². The summed E-state index contributed by atoms with van der Waals surface area (Å²) in [5.74, 6) is -0.121. The molecule has 72 valence electrons. The van der Waals surface area contributed by atoms with Crippen molar-refractivity contribution in [1.82, 2.24) is 0 Å². The van der Waals surface area contributed by atoms with Crippen LogP contribution in [0.3, 0.4) is 0 Å². The van der Waals surface area contributed by atoms with Gasteiger partial charge in [0.15, 0.2) is 0 Å². The molecule has 0 spiro atoms. The molecule has 3 nitrogen and oxygen atoms in total. The predicted molar refractivity (Wildman–Crippen MR) is 47.7 cm³/mol. The number of hydrogen-bond acceptors (Lipinski definition) is 3. The summed E-state index contributed by atoms with van der Waals surface area (Å²) in [7, 11) is 0. The summed E-state index contributed by atoms with van der Waals surface area (Å²) in [6.45, 7) is 5.00. The molecule has 3 N–H and O–H groups in total. The molecule has 0 aliphatic carbocycles. The first-order valence-corrected chi connectivity index (χ1v) is 4.21. The fraction of sp³-hybridized carbons (Fsp3) is 0.778. The Bertz CT molecular complexity index is 123. The normalized spacial score (nSPS) is 18.3. The molecule has 0 radical (unpaired) electrons. The Morgan fingerprint density at radius 3 is 2.25 bits per heavy atom. The van der Waals surface area contributed by atoms with Crippen molar-refractivity contribution in [3.05, 3.63) is 12.7 Å². The molecule has 0 heterocycles. The first-order valence-electron chi connectivity index (χ1n) is 4.21. The summed E-state index contributed by atoms with van der Waals surface area (Å²) in [6.07, 6.45) is 1.78. The van der Waals surface area contributed by atoms with Crippen LogP contribution < -0.4 is 0 Å². The zero-order chi connectivity index (χ0) is 9.56. The second-order valence-corrected chi connectivity index (χ2v) is 3.08. The van der Waals surface area contributed by atoms with Crippen molar-refractivity contribution in [1.29, 1.82) is 0 Å². The van der Waals surface area contributed by atoms with Crippen LogP contribution in [0.2, 0.25) is 0 Å². The van der Waals surface area contributed by atoms with Crippen LogP contribution in [0.5, 0.6) is 0 Å². The first-order chi connectivity index (χ1) is 5.61. The van der Waals surface area contributed by atoms with Crippen molar-refractivity contribution in [2.45, 2.75) is 32.0 Å². The van der Waals surface area contributed by atoms with Crippen molar-refractivity contribution in [2.24, 2.45) is 5.92 Å². The number of rotatable bonds is 6. The van der Waals surface area contributed by atoms with Crippen molar-refractivity contribution >= 4 is 0 Å². The van der Waals surface area contributed by atoms with Gasteiger partial charge in [0.25, 0.3) is 0 Å². The zero-order valence-electron chi connectivity index (χ0n) is 7.48. The van der Waals surface area contributed by atoms with Crippen LogP contribution in [0, 0.1) is 5.92 Å². The minimum Gasteiger partial charge on any atom is -0.394 e. The van der Waals surface area contributed by atoms with Gasteiger partial charge in [-0.2, -0.15) is 0 Å². The summed E-state index contributed by atoms with van der Waals surface area (Å²) >= 11 is 0. The van der Waals surface area contributed by atoms with E-state index in [1.54, 1.807) is 13.0 Å². The Morgan fingerprint density at radius 1 is 1.33 bits per heavy atom. The lowest BCUT2D eigenvalue weighted by molar-refractivity contribution is 0.0544. The topological polar surface area (TPSA) is 60.7 Å². The molecule has 0 aromatic heterocycles. The number of aliphatic hydroxyl groups excluding tert-OH is 3. The van der Waals surface area contributed by atoms with E-state index >= 15 is 0 Å².